The highest BCUT2D eigenvalue weighted by molar-refractivity contribution is 5.73. The van der Waals surface area contributed by atoms with E-state index in [0.717, 1.165) is 22.6 Å². The Balaban J connectivity index is 1.52. The predicted molar refractivity (Wildman–Crippen MR) is 85.3 cm³/mol. The van der Waals surface area contributed by atoms with Crippen LogP contribution in [0.4, 0.5) is 4.79 Å². The second-order valence-corrected chi connectivity index (χ2v) is 4.92. The fourth-order valence-corrected chi connectivity index (χ4v) is 2.08. The molecular formula is C17H16N4O2. The summed E-state index contributed by atoms with van der Waals surface area (Å²) < 4.78 is 5.34. The van der Waals surface area contributed by atoms with Gasteiger partial charge in [0.15, 0.2) is 0 Å². The van der Waals surface area contributed by atoms with Crippen molar-refractivity contribution in [1.82, 2.24) is 20.6 Å². The van der Waals surface area contributed by atoms with Crippen molar-refractivity contribution in [1.29, 1.82) is 0 Å². The van der Waals surface area contributed by atoms with E-state index in [-0.39, 0.29) is 6.03 Å². The van der Waals surface area contributed by atoms with Crippen LogP contribution >= 0.6 is 0 Å². The average molecular weight is 308 g/mol. The van der Waals surface area contributed by atoms with Gasteiger partial charge in [-0.3, -0.25) is 9.97 Å². The molecule has 0 aliphatic carbocycles. The van der Waals surface area contributed by atoms with Crippen LogP contribution in [0.25, 0.3) is 11.3 Å². The molecule has 3 aromatic heterocycles. The average Bonchev–Trinajstić information content (AvgIpc) is 3.14. The zero-order chi connectivity index (χ0) is 15.9. The molecule has 2 N–H and O–H groups in total. The van der Waals surface area contributed by atoms with E-state index in [1.54, 1.807) is 24.9 Å². The first-order valence-corrected chi connectivity index (χ1v) is 7.21. The van der Waals surface area contributed by atoms with Crippen LogP contribution < -0.4 is 10.6 Å². The Morgan fingerprint density at radius 3 is 2.78 bits per heavy atom. The second kappa shape index (κ2) is 7.22. The molecule has 0 saturated heterocycles. The van der Waals surface area contributed by atoms with E-state index in [1.165, 1.54) is 0 Å². The van der Waals surface area contributed by atoms with Crippen LogP contribution in [-0.2, 0) is 13.1 Å². The fraction of sp³-hybridized carbons (Fsp3) is 0.118. The third kappa shape index (κ3) is 4.16. The Hall–Kier alpha value is -3.15. The van der Waals surface area contributed by atoms with Crippen LogP contribution in [0.5, 0.6) is 0 Å². The summed E-state index contributed by atoms with van der Waals surface area (Å²) in [6, 6.07) is 11.0. The molecular weight excluding hydrogens is 292 g/mol. The zero-order valence-electron chi connectivity index (χ0n) is 12.4. The van der Waals surface area contributed by atoms with E-state index in [4.69, 9.17) is 4.42 Å². The van der Waals surface area contributed by atoms with Crippen molar-refractivity contribution in [3.63, 3.8) is 0 Å². The number of amides is 2. The number of aromatic nitrogens is 2. The lowest BCUT2D eigenvalue weighted by atomic mass is 10.1. The molecule has 0 aromatic carbocycles. The third-order valence-corrected chi connectivity index (χ3v) is 3.21. The molecule has 6 nitrogen and oxygen atoms in total. The van der Waals surface area contributed by atoms with E-state index in [0.29, 0.717) is 13.1 Å². The second-order valence-electron chi connectivity index (χ2n) is 4.92. The molecule has 116 valence electrons. The maximum absolute atomic E-state index is 11.8. The van der Waals surface area contributed by atoms with Gasteiger partial charge < -0.3 is 15.1 Å². The number of carbonyl (C=O) groups excluding carboxylic acids is 1. The lowest BCUT2D eigenvalue weighted by Crippen LogP contribution is -2.34. The van der Waals surface area contributed by atoms with E-state index in [9.17, 15) is 4.79 Å². The number of urea groups is 1. The molecule has 3 heterocycles. The normalized spacial score (nSPS) is 10.3. The van der Waals surface area contributed by atoms with Crippen molar-refractivity contribution in [3.8, 4) is 11.3 Å². The van der Waals surface area contributed by atoms with E-state index in [1.807, 2.05) is 36.4 Å². The molecule has 3 aromatic rings. The van der Waals surface area contributed by atoms with Crippen LogP contribution in [0.1, 0.15) is 11.3 Å². The molecule has 2 amide bonds. The summed E-state index contributed by atoms with van der Waals surface area (Å²) in [5.41, 5.74) is 2.58. The van der Waals surface area contributed by atoms with Crippen LogP contribution in [0.15, 0.2) is 65.7 Å². The minimum atomic E-state index is -0.251. The monoisotopic (exact) mass is 308 g/mol. The topological polar surface area (TPSA) is 80.0 Å². The van der Waals surface area contributed by atoms with Crippen LogP contribution in [0.2, 0.25) is 0 Å². The summed E-state index contributed by atoms with van der Waals surface area (Å²) in [5.74, 6) is 0.749. The van der Waals surface area contributed by atoms with E-state index < -0.39 is 0 Å². The van der Waals surface area contributed by atoms with Crippen molar-refractivity contribution in [3.05, 3.63) is 72.5 Å². The maximum Gasteiger partial charge on any atom is 0.315 e. The Morgan fingerprint density at radius 1 is 1.09 bits per heavy atom. The van der Waals surface area contributed by atoms with Crippen LogP contribution in [-0.4, -0.2) is 16.0 Å². The maximum atomic E-state index is 11.8. The number of rotatable bonds is 5. The quantitative estimate of drug-likeness (QED) is 0.759. The van der Waals surface area contributed by atoms with Crippen molar-refractivity contribution in [2.45, 2.75) is 13.1 Å². The molecule has 0 bridgehead atoms. The van der Waals surface area contributed by atoms with Gasteiger partial charge in [-0.15, -0.1) is 0 Å². The number of furan rings is 1. The standard InChI is InChI=1S/C17H16N4O2/c22-17(21-12-15-4-1-2-6-19-15)20-10-13-8-14(11-18-9-13)16-5-3-7-23-16/h1-9,11H,10,12H2,(H2,20,21,22). The summed E-state index contributed by atoms with van der Waals surface area (Å²) >= 11 is 0. The van der Waals surface area contributed by atoms with Crippen molar-refractivity contribution in [2.75, 3.05) is 0 Å². The first-order valence-electron chi connectivity index (χ1n) is 7.21. The SMILES string of the molecule is O=C(NCc1cncc(-c2ccco2)c1)NCc1ccccn1. The van der Waals surface area contributed by atoms with E-state index in [2.05, 4.69) is 20.6 Å². The summed E-state index contributed by atoms with van der Waals surface area (Å²) in [6.45, 7) is 0.771. The number of hydrogen-bond acceptors (Lipinski definition) is 4. The number of hydrogen-bond donors (Lipinski definition) is 2. The Kier molecular flexibility index (Phi) is 4.63. The smallest absolute Gasteiger partial charge is 0.315 e. The first-order chi connectivity index (χ1) is 11.3. The summed E-state index contributed by atoms with van der Waals surface area (Å²) in [5, 5.41) is 5.55. The molecule has 0 aliphatic rings. The van der Waals surface area contributed by atoms with Gasteiger partial charge in [-0.1, -0.05) is 6.07 Å². The largest absolute Gasteiger partial charge is 0.464 e. The van der Waals surface area contributed by atoms with Gasteiger partial charge in [0.25, 0.3) is 0 Å². The molecule has 0 saturated carbocycles. The van der Waals surface area contributed by atoms with Crippen molar-refractivity contribution < 1.29 is 9.21 Å². The molecule has 0 spiro atoms. The van der Waals surface area contributed by atoms with Gasteiger partial charge in [0.1, 0.15) is 5.76 Å². The third-order valence-electron chi connectivity index (χ3n) is 3.21. The lowest BCUT2D eigenvalue weighted by molar-refractivity contribution is 0.240. The van der Waals surface area contributed by atoms with Crippen LogP contribution in [0.3, 0.4) is 0 Å². The van der Waals surface area contributed by atoms with E-state index >= 15 is 0 Å². The van der Waals surface area contributed by atoms with Gasteiger partial charge in [-0.2, -0.15) is 0 Å². The Bertz CT molecular complexity index is 757. The molecule has 6 heteroatoms. The van der Waals surface area contributed by atoms with Gasteiger partial charge in [0, 0.05) is 30.7 Å². The number of carbonyl (C=O) groups is 1. The highest BCUT2D eigenvalue weighted by Gasteiger charge is 2.05. The summed E-state index contributed by atoms with van der Waals surface area (Å²) in [7, 11) is 0. The van der Waals surface area contributed by atoms with Gasteiger partial charge in [0.2, 0.25) is 0 Å². The summed E-state index contributed by atoms with van der Waals surface area (Å²) in [6.07, 6.45) is 6.75. The van der Waals surface area contributed by atoms with Gasteiger partial charge in [-0.25, -0.2) is 4.79 Å². The molecule has 3 rings (SSSR count). The van der Waals surface area contributed by atoms with Crippen molar-refractivity contribution in [2.24, 2.45) is 0 Å². The molecule has 0 fully saturated rings. The molecule has 0 aliphatic heterocycles. The number of pyridine rings is 2. The van der Waals surface area contributed by atoms with Gasteiger partial charge >= 0.3 is 6.03 Å². The highest BCUT2D eigenvalue weighted by atomic mass is 16.3. The van der Waals surface area contributed by atoms with Gasteiger partial charge in [-0.05, 0) is 35.9 Å². The molecule has 0 unspecified atom stereocenters. The first kappa shape index (κ1) is 14.8. The Labute approximate surface area is 133 Å². The minimum absolute atomic E-state index is 0.251. The lowest BCUT2D eigenvalue weighted by Gasteiger charge is -2.08. The highest BCUT2D eigenvalue weighted by Crippen LogP contribution is 2.19. The predicted octanol–water partition coefficient (Wildman–Crippen LogP) is 2.74. The van der Waals surface area contributed by atoms with Crippen molar-refractivity contribution >= 4 is 6.03 Å². The molecule has 0 atom stereocenters. The molecule has 0 radical (unpaired) electrons. The number of nitrogens with zero attached hydrogens (tertiary/aromatic N) is 2. The Morgan fingerprint density at radius 2 is 2.00 bits per heavy atom. The molecule has 23 heavy (non-hydrogen) atoms. The number of nitrogens with one attached hydrogen (secondary N) is 2. The zero-order valence-corrected chi connectivity index (χ0v) is 12.4. The van der Waals surface area contributed by atoms with Gasteiger partial charge in [0.05, 0.1) is 18.5 Å². The fourth-order valence-electron chi connectivity index (χ4n) is 2.08. The van der Waals surface area contributed by atoms with Crippen LogP contribution in [0, 0.1) is 0 Å². The summed E-state index contributed by atoms with van der Waals surface area (Å²) in [4.78, 5) is 20.1. The minimum Gasteiger partial charge on any atom is -0.464 e.